The van der Waals surface area contributed by atoms with Crippen LogP contribution < -0.4 is 0 Å². The molecule has 0 amide bonds. The van der Waals surface area contributed by atoms with Gasteiger partial charge in [-0.25, -0.2) is 4.79 Å². The maximum atomic E-state index is 11.8. The average molecular weight is 278 g/mol. The first-order valence-electron chi connectivity index (χ1n) is 6.83. The fourth-order valence-corrected chi connectivity index (χ4v) is 1.82. The Bertz CT molecular complexity index is 466. The number of unbranched alkanes of at least 4 members (excludes halogenated alkanes) is 3. The van der Waals surface area contributed by atoms with Crippen LogP contribution in [0.3, 0.4) is 0 Å². The number of allylic oxidation sites excluding steroid dienone is 1. The molecule has 0 spiro atoms. The summed E-state index contributed by atoms with van der Waals surface area (Å²) in [5.74, 6) is -0.285. The van der Waals surface area contributed by atoms with Crippen LogP contribution in [0.4, 0.5) is 0 Å². The van der Waals surface area contributed by atoms with Gasteiger partial charge < -0.3 is 14.9 Å². The Labute approximate surface area is 119 Å². The third-order valence-corrected chi connectivity index (χ3v) is 2.98. The second-order valence-corrected chi connectivity index (χ2v) is 4.79. The molecule has 4 heteroatoms. The van der Waals surface area contributed by atoms with E-state index in [1.165, 1.54) is 12.1 Å². The lowest BCUT2D eigenvalue weighted by Crippen LogP contribution is -2.07. The van der Waals surface area contributed by atoms with Crippen LogP contribution in [-0.4, -0.2) is 29.4 Å². The van der Waals surface area contributed by atoms with Crippen LogP contribution in [0.15, 0.2) is 24.8 Å². The van der Waals surface area contributed by atoms with Crippen LogP contribution in [0.2, 0.25) is 0 Å². The average Bonchev–Trinajstić information content (AvgIpc) is 2.42. The molecule has 0 saturated heterocycles. The predicted octanol–water partition coefficient (Wildman–Crippen LogP) is 3.13. The molecule has 0 bridgehead atoms. The number of aromatic hydroxyl groups is 1. The smallest absolute Gasteiger partial charge is 0.338 e. The number of phenols is 1. The molecule has 0 unspecified atom stereocenters. The van der Waals surface area contributed by atoms with Crippen molar-refractivity contribution in [2.45, 2.75) is 32.6 Å². The van der Waals surface area contributed by atoms with Crippen molar-refractivity contribution in [3.8, 4) is 5.75 Å². The molecule has 0 aromatic heterocycles. The Morgan fingerprint density at radius 2 is 1.95 bits per heavy atom. The summed E-state index contributed by atoms with van der Waals surface area (Å²) in [6, 6.07) is 4.60. The van der Waals surface area contributed by atoms with Crippen LogP contribution in [0.5, 0.6) is 5.75 Å². The normalized spacial score (nSPS) is 10.3. The van der Waals surface area contributed by atoms with Crippen molar-refractivity contribution >= 4 is 11.5 Å². The number of benzene rings is 1. The standard InChI is InChI=1S/C16H22O4/c1-12(2)14-11-13(7-8-15(14)18)16(19)20-10-6-4-3-5-9-17/h7-8,11,17-18H,1,3-6,9-10H2,2H3. The molecule has 2 N–H and O–H groups in total. The van der Waals surface area contributed by atoms with Crippen molar-refractivity contribution in [2.75, 3.05) is 13.2 Å². The van der Waals surface area contributed by atoms with E-state index in [4.69, 9.17) is 9.84 Å². The van der Waals surface area contributed by atoms with Gasteiger partial charge in [-0.15, -0.1) is 0 Å². The number of carbonyl (C=O) groups is 1. The van der Waals surface area contributed by atoms with Gasteiger partial charge in [0.1, 0.15) is 5.75 Å². The maximum absolute atomic E-state index is 11.8. The number of aliphatic hydroxyl groups is 1. The molecule has 4 nitrogen and oxygen atoms in total. The summed E-state index contributed by atoms with van der Waals surface area (Å²) >= 11 is 0. The highest BCUT2D eigenvalue weighted by Crippen LogP contribution is 2.25. The summed E-state index contributed by atoms with van der Waals surface area (Å²) in [5.41, 5.74) is 1.67. The van der Waals surface area contributed by atoms with E-state index < -0.39 is 5.97 Å². The molecule has 1 aromatic carbocycles. The maximum Gasteiger partial charge on any atom is 0.338 e. The van der Waals surface area contributed by atoms with Gasteiger partial charge in [-0.2, -0.15) is 0 Å². The van der Waals surface area contributed by atoms with Gasteiger partial charge in [-0.1, -0.05) is 13.0 Å². The fourth-order valence-electron chi connectivity index (χ4n) is 1.82. The lowest BCUT2D eigenvalue weighted by molar-refractivity contribution is 0.0497. The van der Waals surface area contributed by atoms with Crippen molar-refractivity contribution in [3.05, 3.63) is 35.9 Å². The van der Waals surface area contributed by atoms with Crippen molar-refractivity contribution in [3.63, 3.8) is 0 Å². The minimum atomic E-state index is -0.394. The van der Waals surface area contributed by atoms with Crippen molar-refractivity contribution < 1.29 is 19.7 Å². The number of carbonyl (C=O) groups excluding carboxylic acids is 1. The van der Waals surface area contributed by atoms with Crippen molar-refractivity contribution in [2.24, 2.45) is 0 Å². The van der Waals surface area contributed by atoms with E-state index >= 15 is 0 Å². The first kappa shape index (κ1) is 16.2. The van der Waals surface area contributed by atoms with Gasteiger partial charge in [0.05, 0.1) is 12.2 Å². The van der Waals surface area contributed by atoms with Crippen molar-refractivity contribution in [1.29, 1.82) is 0 Å². The molecule has 0 heterocycles. The molecule has 0 radical (unpaired) electrons. The molecular weight excluding hydrogens is 256 g/mol. The number of hydrogen-bond donors (Lipinski definition) is 2. The molecular formula is C16H22O4. The molecule has 0 fully saturated rings. The molecule has 1 aromatic rings. The number of phenolic OH excluding ortho intramolecular Hbond substituents is 1. The van der Waals surface area contributed by atoms with Crippen molar-refractivity contribution in [1.82, 2.24) is 0 Å². The van der Waals surface area contributed by atoms with Crippen LogP contribution in [0, 0.1) is 0 Å². The molecule has 0 saturated carbocycles. The van der Waals surface area contributed by atoms with E-state index in [1.807, 2.05) is 0 Å². The zero-order valence-corrected chi connectivity index (χ0v) is 11.9. The predicted molar refractivity (Wildman–Crippen MR) is 78.7 cm³/mol. The van der Waals surface area contributed by atoms with Gasteiger partial charge >= 0.3 is 5.97 Å². The van der Waals surface area contributed by atoms with Crippen LogP contribution in [0.1, 0.15) is 48.5 Å². The van der Waals surface area contributed by atoms with Gasteiger partial charge in [0.25, 0.3) is 0 Å². The Morgan fingerprint density at radius 1 is 1.25 bits per heavy atom. The zero-order valence-electron chi connectivity index (χ0n) is 11.9. The third-order valence-electron chi connectivity index (χ3n) is 2.98. The molecule has 1 rings (SSSR count). The molecule has 20 heavy (non-hydrogen) atoms. The van der Waals surface area contributed by atoms with Crippen LogP contribution >= 0.6 is 0 Å². The molecule has 0 aliphatic rings. The number of aliphatic hydroxyl groups excluding tert-OH is 1. The first-order valence-corrected chi connectivity index (χ1v) is 6.83. The highest BCUT2D eigenvalue weighted by atomic mass is 16.5. The van der Waals surface area contributed by atoms with Gasteiger partial charge in [0.2, 0.25) is 0 Å². The van der Waals surface area contributed by atoms with Gasteiger partial charge in [0.15, 0.2) is 0 Å². The quantitative estimate of drug-likeness (QED) is 0.566. The van der Waals surface area contributed by atoms with Crippen LogP contribution in [0.25, 0.3) is 5.57 Å². The summed E-state index contributed by atoms with van der Waals surface area (Å²) in [5, 5.41) is 18.3. The molecule has 0 aliphatic carbocycles. The van der Waals surface area contributed by atoms with E-state index in [9.17, 15) is 9.90 Å². The number of rotatable bonds is 8. The number of esters is 1. The lowest BCUT2D eigenvalue weighted by atomic mass is 10.0. The number of ether oxygens (including phenoxy) is 1. The Hall–Kier alpha value is -1.81. The summed E-state index contributed by atoms with van der Waals surface area (Å²) in [7, 11) is 0. The minimum absolute atomic E-state index is 0.109. The van der Waals surface area contributed by atoms with Gasteiger partial charge in [-0.05, 0) is 50.0 Å². The highest BCUT2D eigenvalue weighted by Gasteiger charge is 2.10. The van der Waals surface area contributed by atoms with E-state index in [0.717, 1.165) is 25.7 Å². The third kappa shape index (κ3) is 5.05. The molecule has 0 atom stereocenters. The summed E-state index contributed by atoms with van der Waals surface area (Å²) in [4.78, 5) is 11.8. The van der Waals surface area contributed by atoms with Crippen LogP contribution in [-0.2, 0) is 4.74 Å². The lowest BCUT2D eigenvalue weighted by Gasteiger charge is -2.08. The largest absolute Gasteiger partial charge is 0.507 e. The second-order valence-electron chi connectivity index (χ2n) is 4.79. The Balaban J connectivity index is 2.47. The van der Waals surface area contributed by atoms with E-state index in [1.54, 1.807) is 13.0 Å². The summed E-state index contributed by atoms with van der Waals surface area (Å²) in [6.45, 7) is 6.10. The second kappa shape index (κ2) is 8.38. The molecule has 0 aliphatic heterocycles. The first-order chi connectivity index (χ1) is 9.56. The van der Waals surface area contributed by atoms with E-state index in [0.29, 0.717) is 23.3 Å². The minimum Gasteiger partial charge on any atom is -0.507 e. The van der Waals surface area contributed by atoms with E-state index in [2.05, 4.69) is 6.58 Å². The zero-order chi connectivity index (χ0) is 15.0. The Morgan fingerprint density at radius 3 is 2.60 bits per heavy atom. The van der Waals surface area contributed by atoms with Gasteiger partial charge in [-0.3, -0.25) is 0 Å². The van der Waals surface area contributed by atoms with Gasteiger partial charge in [0, 0.05) is 12.2 Å². The summed E-state index contributed by atoms with van der Waals surface area (Å²) < 4.78 is 5.17. The Kier molecular flexibility index (Phi) is 6.81. The monoisotopic (exact) mass is 278 g/mol. The highest BCUT2D eigenvalue weighted by molar-refractivity contribution is 5.91. The SMILES string of the molecule is C=C(C)c1cc(C(=O)OCCCCCCO)ccc1O. The fraction of sp³-hybridized carbons (Fsp3) is 0.438. The van der Waals surface area contributed by atoms with E-state index in [-0.39, 0.29) is 12.4 Å². The molecule has 110 valence electrons. The topological polar surface area (TPSA) is 66.8 Å². The number of hydrogen-bond acceptors (Lipinski definition) is 4. The summed E-state index contributed by atoms with van der Waals surface area (Å²) in [6.07, 6.45) is 3.44.